The molecule has 2 unspecified atom stereocenters. The van der Waals surface area contributed by atoms with Crippen LogP contribution in [0.25, 0.3) is 0 Å². The average molecular weight is 447 g/mol. The van der Waals surface area contributed by atoms with Crippen molar-refractivity contribution in [2.75, 3.05) is 71.0 Å². The molecule has 8 nitrogen and oxygen atoms in total. The molecule has 2 atom stereocenters. The number of hydrogen-bond donors (Lipinski definition) is 1. The van der Waals surface area contributed by atoms with Gasteiger partial charge in [-0.25, -0.2) is 4.79 Å². The first-order chi connectivity index (χ1) is 15.4. The smallest absolute Gasteiger partial charge is 0.337 e. The molecule has 0 aromatic heterocycles. The van der Waals surface area contributed by atoms with Crippen LogP contribution >= 0.6 is 0 Å². The monoisotopic (exact) mass is 446 g/mol. The maximum Gasteiger partial charge on any atom is 0.337 e. The molecule has 2 fully saturated rings. The summed E-state index contributed by atoms with van der Waals surface area (Å²) in [5.41, 5.74) is 1.63. The Kier molecular flexibility index (Phi) is 8.90. The van der Waals surface area contributed by atoms with Crippen molar-refractivity contribution in [3.8, 4) is 0 Å². The van der Waals surface area contributed by atoms with Gasteiger partial charge in [-0.05, 0) is 37.1 Å². The zero-order valence-corrected chi connectivity index (χ0v) is 19.9. The van der Waals surface area contributed by atoms with Crippen molar-refractivity contribution in [1.82, 2.24) is 15.1 Å². The summed E-state index contributed by atoms with van der Waals surface area (Å²) in [6, 6.07) is 7.74. The van der Waals surface area contributed by atoms with E-state index >= 15 is 0 Å². The fraction of sp³-hybridized carbons (Fsp3) is 0.667. The van der Waals surface area contributed by atoms with Crippen molar-refractivity contribution in [2.45, 2.75) is 32.9 Å². The highest BCUT2D eigenvalue weighted by atomic mass is 16.5. The second-order valence-corrected chi connectivity index (χ2v) is 9.25. The van der Waals surface area contributed by atoms with E-state index < -0.39 is 0 Å². The molecule has 3 rings (SSSR count). The Morgan fingerprint density at radius 2 is 1.91 bits per heavy atom. The number of nitrogens with one attached hydrogen (secondary N) is 1. The highest BCUT2D eigenvalue weighted by molar-refractivity contribution is 5.89. The summed E-state index contributed by atoms with van der Waals surface area (Å²) >= 11 is 0. The number of hydrogen-bond acceptors (Lipinski definition) is 7. The maximum atomic E-state index is 12.6. The Hall–Kier alpha value is -2.16. The predicted octanol–water partition coefficient (Wildman–Crippen LogP) is 1.46. The Morgan fingerprint density at radius 1 is 1.16 bits per heavy atom. The number of ether oxygens (including phenoxy) is 2. The van der Waals surface area contributed by atoms with Gasteiger partial charge in [-0.3, -0.25) is 14.6 Å². The number of anilines is 1. The fourth-order valence-corrected chi connectivity index (χ4v) is 4.45. The molecular weight excluding hydrogens is 408 g/mol. The fourth-order valence-electron chi connectivity index (χ4n) is 4.45. The van der Waals surface area contributed by atoms with Gasteiger partial charge in [0.05, 0.1) is 31.9 Å². The molecule has 2 heterocycles. The molecular formula is C24H38N4O4. The van der Waals surface area contributed by atoms with Gasteiger partial charge in [0.25, 0.3) is 0 Å². The predicted molar refractivity (Wildman–Crippen MR) is 125 cm³/mol. The molecule has 1 aromatic carbocycles. The number of morpholine rings is 1. The molecule has 32 heavy (non-hydrogen) atoms. The van der Waals surface area contributed by atoms with Crippen LogP contribution in [-0.4, -0.2) is 99.9 Å². The SMILES string of the molecule is COC(=O)c1ccc(N2CCN(CC(=O)NCC3CN(CC(C)C)CCO3)C(C)C2)cc1. The van der Waals surface area contributed by atoms with Crippen LogP contribution in [0.2, 0.25) is 0 Å². The van der Waals surface area contributed by atoms with Crippen LogP contribution in [0.5, 0.6) is 0 Å². The minimum Gasteiger partial charge on any atom is -0.465 e. The molecule has 8 heteroatoms. The van der Waals surface area contributed by atoms with E-state index in [1.54, 1.807) is 12.1 Å². The van der Waals surface area contributed by atoms with Crippen LogP contribution in [-0.2, 0) is 14.3 Å². The summed E-state index contributed by atoms with van der Waals surface area (Å²) in [5.74, 6) is 0.360. The molecule has 0 radical (unpaired) electrons. The molecule has 2 aliphatic rings. The number of benzene rings is 1. The van der Waals surface area contributed by atoms with E-state index in [1.807, 2.05) is 12.1 Å². The lowest BCUT2D eigenvalue weighted by molar-refractivity contribution is -0.124. The van der Waals surface area contributed by atoms with Crippen molar-refractivity contribution in [3.05, 3.63) is 29.8 Å². The first kappa shape index (κ1) is 24.5. The normalized spacial score (nSPS) is 22.7. The van der Waals surface area contributed by atoms with Crippen molar-refractivity contribution < 1.29 is 19.1 Å². The van der Waals surface area contributed by atoms with Gasteiger partial charge >= 0.3 is 5.97 Å². The Bertz CT molecular complexity index is 755. The Balaban J connectivity index is 1.42. The molecule has 0 spiro atoms. The number of methoxy groups -OCH3 is 1. The largest absolute Gasteiger partial charge is 0.465 e. The lowest BCUT2D eigenvalue weighted by Crippen LogP contribution is -2.55. The van der Waals surface area contributed by atoms with E-state index in [2.05, 4.69) is 40.8 Å². The minimum atomic E-state index is -0.327. The minimum absolute atomic E-state index is 0.0531. The third-order valence-electron chi connectivity index (χ3n) is 6.14. The van der Waals surface area contributed by atoms with Crippen molar-refractivity contribution in [1.29, 1.82) is 0 Å². The number of amides is 1. The Labute approximate surface area is 191 Å². The molecule has 0 aliphatic carbocycles. The van der Waals surface area contributed by atoms with Gasteiger partial charge in [-0.15, -0.1) is 0 Å². The summed E-state index contributed by atoms with van der Waals surface area (Å²) in [6.07, 6.45) is 0.0636. The van der Waals surface area contributed by atoms with Gasteiger partial charge in [0.15, 0.2) is 0 Å². The molecule has 0 bridgehead atoms. The molecule has 1 N–H and O–H groups in total. The third-order valence-corrected chi connectivity index (χ3v) is 6.14. The number of nitrogens with zero attached hydrogens (tertiary/aromatic N) is 3. The van der Waals surface area contributed by atoms with Gasteiger partial charge < -0.3 is 19.7 Å². The summed E-state index contributed by atoms with van der Waals surface area (Å²) in [6.45, 7) is 13.7. The van der Waals surface area contributed by atoms with Crippen LogP contribution < -0.4 is 10.2 Å². The van der Waals surface area contributed by atoms with Gasteiger partial charge in [-0.1, -0.05) is 13.8 Å². The van der Waals surface area contributed by atoms with E-state index in [9.17, 15) is 9.59 Å². The number of esters is 1. The van der Waals surface area contributed by atoms with Gasteiger partial charge in [0.2, 0.25) is 5.91 Å². The lowest BCUT2D eigenvalue weighted by atomic mass is 10.1. The van der Waals surface area contributed by atoms with Crippen LogP contribution in [0, 0.1) is 5.92 Å². The van der Waals surface area contributed by atoms with Crippen LogP contribution in [0.15, 0.2) is 24.3 Å². The quantitative estimate of drug-likeness (QED) is 0.606. The van der Waals surface area contributed by atoms with Gasteiger partial charge in [0, 0.05) is 57.5 Å². The highest BCUT2D eigenvalue weighted by Gasteiger charge is 2.26. The summed E-state index contributed by atoms with van der Waals surface area (Å²) < 4.78 is 10.6. The first-order valence-corrected chi connectivity index (χ1v) is 11.6. The number of rotatable bonds is 8. The highest BCUT2D eigenvalue weighted by Crippen LogP contribution is 2.20. The van der Waals surface area contributed by atoms with Crippen LogP contribution in [0.1, 0.15) is 31.1 Å². The van der Waals surface area contributed by atoms with Crippen LogP contribution in [0.3, 0.4) is 0 Å². The Morgan fingerprint density at radius 3 is 2.56 bits per heavy atom. The van der Waals surface area contributed by atoms with Crippen molar-refractivity contribution >= 4 is 17.6 Å². The van der Waals surface area contributed by atoms with E-state index in [1.165, 1.54) is 7.11 Å². The maximum absolute atomic E-state index is 12.6. The molecule has 1 amide bonds. The van der Waals surface area contributed by atoms with E-state index in [4.69, 9.17) is 9.47 Å². The molecule has 1 aromatic rings. The van der Waals surface area contributed by atoms with Crippen molar-refractivity contribution in [2.24, 2.45) is 5.92 Å². The summed E-state index contributed by atoms with van der Waals surface area (Å²) in [4.78, 5) is 31.1. The van der Waals surface area contributed by atoms with Crippen molar-refractivity contribution in [3.63, 3.8) is 0 Å². The summed E-state index contributed by atoms with van der Waals surface area (Å²) in [5, 5.41) is 3.07. The number of carbonyl (C=O) groups is 2. The van der Waals surface area contributed by atoms with Gasteiger partial charge in [0.1, 0.15) is 0 Å². The average Bonchev–Trinajstić information content (AvgIpc) is 2.78. The topological polar surface area (TPSA) is 74.4 Å². The number of piperazine rings is 1. The second-order valence-electron chi connectivity index (χ2n) is 9.25. The summed E-state index contributed by atoms with van der Waals surface area (Å²) in [7, 11) is 1.39. The lowest BCUT2D eigenvalue weighted by Gasteiger charge is -2.40. The first-order valence-electron chi connectivity index (χ1n) is 11.6. The standard InChI is InChI=1S/C24H38N4O4/c1-18(2)14-26-11-12-32-22(16-26)13-25-23(29)17-27-9-10-28(15-19(27)3)21-7-5-20(6-8-21)24(30)31-4/h5-8,18-19,22H,9-17H2,1-4H3,(H,25,29). The second kappa shape index (κ2) is 11.6. The van der Waals surface area contributed by atoms with E-state index in [0.29, 0.717) is 24.6 Å². The molecule has 178 valence electrons. The molecule has 2 saturated heterocycles. The van der Waals surface area contributed by atoms with E-state index in [0.717, 1.165) is 51.6 Å². The zero-order valence-electron chi connectivity index (χ0n) is 19.9. The third kappa shape index (κ3) is 6.92. The molecule has 0 saturated carbocycles. The van der Waals surface area contributed by atoms with E-state index in [-0.39, 0.29) is 24.0 Å². The zero-order chi connectivity index (χ0) is 23.1. The number of carbonyl (C=O) groups excluding carboxylic acids is 2. The van der Waals surface area contributed by atoms with Gasteiger partial charge in [-0.2, -0.15) is 0 Å². The molecule has 2 aliphatic heterocycles. The van der Waals surface area contributed by atoms with Crippen LogP contribution in [0.4, 0.5) is 5.69 Å².